The molecule has 5 aromatic rings. The summed E-state index contributed by atoms with van der Waals surface area (Å²) in [5.74, 6) is 0. The lowest BCUT2D eigenvalue weighted by Gasteiger charge is -2.32. The molecule has 5 heteroatoms. The fourth-order valence-corrected chi connectivity index (χ4v) is 4.76. The molecule has 0 atom stereocenters. The zero-order valence-electron chi connectivity index (χ0n) is 17.5. The highest BCUT2D eigenvalue weighted by Crippen LogP contribution is 2.38. The highest BCUT2D eigenvalue weighted by Gasteiger charge is 2.52. The van der Waals surface area contributed by atoms with Crippen molar-refractivity contribution in [1.29, 1.82) is 0 Å². The number of fused-ring (bicyclic) bond motifs is 5. The van der Waals surface area contributed by atoms with Crippen LogP contribution in [0, 0.1) is 0 Å². The van der Waals surface area contributed by atoms with E-state index in [0.717, 1.165) is 43.4 Å². The summed E-state index contributed by atoms with van der Waals surface area (Å²) in [6, 6.07) is 20.1. The highest BCUT2D eigenvalue weighted by molar-refractivity contribution is 6.66. The van der Waals surface area contributed by atoms with E-state index in [1.807, 2.05) is 40.8 Å². The molecule has 148 valence electrons. The monoisotopic (exact) mass is 395 g/mol. The second-order valence-electron chi connectivity index (χ2n) is 9.22. The van der Waals surface area contributed by atoms with E-state index < -0.39 is 18.3 Å². The minimum atomic E-state index is -0.486. The van der Waals surface area contributed by atoms with Crippen molar-refractivity contribution in [3.05, 3.63) is 71.0 Å². The minimum absolute atomic E-state index is 0.00960. The number of hydrogen-bond acceptors (Lipinski definition) is 3. The first kappa shape index (κ1) is 17.9. The van der Waals surface area contributed by atoms with Gasteiger partial charge in [-0.3, -0.25) is 9.20 Å². The summed E-state index contributed by atoms with van der Waals surface area (Å²) < 4.78 is 14.6. The smallest absolute Gasteiger partial charge is 0.399 e. The van der Waals surface area contributed by atoms with E-state index in [1.165, 1.54) is 0 Å². The van der Waals surface area contributed by atoms with E-state index >= 15 is 0 Å². The maximum absolute atomic E-state index is 13.5. The van der Waals surface area contributed by atoms with Crippen molar-refractivity contribution >= 4 is 50.5 Å². The highest BCUT2D eigenvalue weighted by atomic mass is 16.7. The Balaban J connectivity index is 1.78. The molecule has 0 unspecified atom stereocenters. The first-order valence-electron chi connectivity index (χ1n) is 10.4. The maximum atomic E-state index is 13.5. The van der Waals surface area contributed by atoms with Crippen molar-refractivity contribution in [2.24, 2.45) is 0 Å². The lowest BCUT2D eigenvalue weighted by molar-refractivity contribution is 0.00578. The predicted octanol–water partition coefficient (Wildman–Crippen LogP) is 4.50. The number of para-hydroxylation sites is 1. The SMILES string of the molecule is CC1(C)OB(c2cccc3c2c2cccc4c5ccccc5c(=O)n3c42)OC1(C)C. The van der Waals surface area contributed by atoms with Crippen LogP contribution in [0.25, 0.3) is 38.0 Å². The second-order valence-corrected chi connectivity index (χ2v) is 9.22. The van der Waals surface area contributed by atoms with Gasteiger partial charge in [-0.2, -0.15) is 0 Å². The third kappa shape index (κ3) is 2.11. The van der Waals surface area contributed by atoms with Gasteiger partial charge in [0.2, 0.25) is 0 Å². The van der Waals surface area contributed by atoms with Crippen LogP contribution in [-0.2, 0) is 9.31 Å². The van der Waals surface area contributed by atoms with Gasteiger partial charge in [0.05, 0.1) is 22.2 Å². The molecule has 2 aromatic heterocycles. The van der Waals surface area contributed by atoms with Crippen molar-refractivity contribution in [2.45, 2.75) is 38.9 Å². The quantitative estimate of drug-likeness (QED) is 0.310. The number of rotatable bonds is 1. The Hall–Kier alpha value is -2.89. The third-order valence-corrected chi connectivity index (χ3v) is 7.00. The van der Waals surface area contributed by atoms with E-state index in [0.29, 0.717) is 0 Å². The number of nitrogens with zero attached hydrogens (tertiary/aromatic N) is 1. The average molecular weight is 395 g/mol. The lowest BCUT2D eigenvalue weighted by atomic mass is 9.76. The van der Waals surface area contributed by atoms with Gasteiger partial charge >= 0.3 is 7.12 Å². The molecule has 30 heavy (non-hydrogen) atoms. The number of pyridine rings is 1. The van der Waals surface area contributed by atoms with Crippen LogP contribution in [0.5, 0.6) is 0 Å². The molecule has 3 heterocycles. The summed E-state index contributed by atoms with van der Waals surface area (Å²) in [5.41, 5.74) is 1.97. The van der Waals surface area contributed by atoms with Gasteiger partial charge in [-0.25, -0.2) is 0 Å². The molecule has 1 saturated heterocycles. The maximum Gasteiger partial charge on any atom is 0.495 e. The fraction of sp³-hybridized carbons (Fsp3) is 0.240. The van der Waals surface area contributed by atoms with E-state index in [2.05, 4.69) is 52.0 Å². The summed E-state index contributed by atoms with van der Waals surface area (Å²) in [6.45, 7) is 8.23. The van der Waals surface area contributed by atoms with Crippen molar-refractivity contribution in [3.63, 3.8) is 0 Å². The summed E-state index contributed by atoms with van der Waals surface area (Å²) >= 11 is 0. The largest absolute Gasteiger partial charge is 0.495 e. The van der Waals surface area contributed by atoms with Gasteiger partial charge in [-0.05, 0) is 50.7 Å². The van der Waals surface area contributed by atoms with Crippen molar-refractivity contribution in [2.75, 3.05) is 0 Å². The van der Waals surface area contributed by atoms with Gasteiger partial charge in [-0.15, -0.1) is 0 Å². The van der Waals surface area contributed by atoms with Gasteiger partial charge in [0, 0.05) is 21.5 Å². The Morgan fingerprint density at radius 3 is 2.07 bits per heavy atom. The molecule has 0 bridgehead atoms. The summed E-state index contributed by atoms with van der Waals surface area (Å²) in [5, 5.41) is 4.88. The molecule has 6 rings (SSSR count). The zero-order chi connectivity index (χ0) is 20.8. The first-order valence-corrected chi connectivity index (χ1v) is 10.4. The van der Waals surface area contributed by atoms with Crippen LogP contribution < -0.4 is 11.0 Å². The Morgan fingerprint density at radius 1 is 0.733 bits per heavy atom. The van der Waals surface area contributed by atoms with Crippen molar-refractivity contribution in [3.8, 4) is 0 Å². The summed E-state index contributed by atoms with van der Waals surface area (Å²) in [7, 11) is -0.486. The Morgan fingerprint density at radius 2 is 1.33 bits per heavy atom. The number of hydrogen-bond donors (Lipinski definition) is 0. The second kappa shape index (κ2) is 5.62. The molecule has 1 fully saturated rings. The van der Waals surface area contributed by atoms with Gasteiger partial charge in [0.15, 0.2) is 0 Å². The molecule has 3 aromatic carbocycles. The molecule has 0 radical (unpaired) electrons. The van der Waals surface area contributed by atoms with Crippen molar-refractivity contribution < 1.29 is 9.31 Å². The molecule has 1 aliphatic rings. The topological polar surface area (TPSA) is 39.9 Å². The molecule has 1 aliphatic heterocycles. The lowest BCUT2D eigenvalue weighted by Crippen LogP contribution is -2.41. The Labute approximate surface area is 174 Å². The van der Waals surface area contributed by atoms with Crippen LogP contribution in [0.1, 0.15) is 27.7 Å². The first-order chi connectivity index (χ1) is 14.3. The minimum Gasteiger partial charge on any atom is -0.399 e. The predicted molar refractivity (Wildman–Crippen MR) is 123 cm³/mol. The van der Waals surface area contributed by atoms with E-state index in [9.17, 15) is 4.79 Å². The van der Waals surface area contributed by atoms with E-state index in [1.54, 1.807) is 0 Å². The van der Waals surface area contributed by atoms with Crippen LogP contribution in [0.4, 0.5) is 0 Å². The summed E-state index contributed by atoms with van der Waals surface area (Å²) in [4.78, 5) is 13.5. The molecule has 0 amide bonds. The van der Waals surface area contributed by atoms with Gasteiger partial charge in [0.1, 0.15) is 0 Å². The van der Waals surface area contributed by atoms with Crippen LogP contribution in [-0.4, -0.2) is 22.7 Å². The van der Waals surface area contributed by atoms with Gasteiger partial charge in [0.25, 0.3) is 5.56 Å². The molecular weight excluding hydrogens is 373 g/mol. The number of benzene rings is 3. The Kier molecular flexibility index (Phi) is 3.36. The molecule has 0 saturated carbocycles. The average Bonchev–Trinajstić information content (AvgIpc) is 3.17. The summed E-state index contributed by atoms with van der Waals surface area (Å²) in [6.07, 6.45) is 0. The van der Waals surface area contributed by atoms with Crippen LogP contribution in [0.2, 0.25) is 0 Å². The van der Waals surface area contributed by atoms with E-state index in [4.69, 9.17) is 9.31 Å². The standard InChI is InChI=1S/C25H22BNO3/c1-24(2)25(3,4)30-26(29-24)19-13-8-14-20-21(19)18-12-7-11-16-15-9-5-6-10-17(15)23(28)27(20)22(16)18/h5-14H,1-4H3. The van der Waals surface area contributed by atoms with Crippen LogP contribution in [0.3, 0.4) is 0 Å². The van der Waals surface area contributed by atoms with Gasteiger partial charge in [-0.1, -0.05) is 48.5 Å². The molecular formula is C25H22BNO3. The third-order valence-electron chi connectivity index (χ3n) is 7.00. The molecule has 0 N–H and O–H groups in total. The fourth-order valence-electron chi connectivity index (χ4n) is 4.76. The normalized spacial score (nSPS) is 18.3. The Bertz CT molecular complexity index is 1520. The van der Waals surface area contributed by atoms with E-state index in [-0.39, 0.29) is 5.56 Å². The molecule has 0 spiro atoms. The molecule has 4 nitrogen and oxygen atoms in total. The van der Waals surface area contributed by atoms with Crippen LogP contribution >= 0.6 is 0 Å². The zero-order valence-corrected chi connectivity index (χ0v) is 17.5. The van der Waals surface area contributed by atoms with Crippen LogP contribution in [0.15, 0.2) is 65.5 Å². The molecule has 0 aliphatic carbocycles. The van der Waals surface area contributed by atoms with Crippen molar-refractivity contribution in [1.82, 2.24) is 4.40 Å². The van der Waals surface area contributed by atoms with Gasteiger partial charge < -0.3 is 9.31 Å². The number of aromatic nitrogens is 1.